The van der Waals surface area contributed by atoms with Crippen LogP contribution < -0.4 is 4.74 Å². The summed E-state index contributed by atoms with van der Waals surface area (Å²) in [6, 6.07) is 5.84. The van der Waals surface area contributed by atoms with Gasteiger partial charge in [-0.15, -0.1) is 0 Å². The first-order valence-corrected chi connectivity index (χ1v) is 9.00. The molecule has 1 heterocycles. The third-order valence-corrected chi connectivity index (χ3v) is 4.70. The highest BCUT2D eigenvalue weighted by Crippen LogP contribution is 2.20. The number of para-hydroxylation sites is 1. The number of halogens is 1. The molecule has 7 nitrogen and oxygen atoms in total. The summed E-state index contributed by atoms with van der Waals surface area (Å²) in [5.41, 5.74) is 0. The molecule has 2 rings (SSSR count). The summed E-state index contributed by atoms with van der Waals surface area (Å²) >= 11 is 0. The van der Waals surface area contributed by atoms with E-state index in [4.69, 9.17) is 9.84 Å². The van der Waals surface area contributed by atoms with E-state index in [1.54, 1.807) is 17.9 Å². The fourth-order valence-electron chi connectivity index (χ4n) is 3.00. The van der Waals surface area contributed by atoms with E-state index < -0.39 is 29.7 Å². The minimum Gasteiger partial charge on any atom is -0.481 e. The number of likely N-dealkylation sites (N-methyl/N-ethyl adjacent to an activating group) is 1. The molecular weight excluding hydrogens is 355 g/mol. The van der Waals surface area contributed by atoms with Crippen LogP contribution in [0.15, 0.2) is 24.3 Å². The zero-order valence-electron chi connectivity index (χ0n) is 15.6. The third kappa shape index (κ3) is 5.42. The molecule has 148 valence electrons. The molecule has 1 aromatic carbocycles. The Balaban J connectivity index is 1.90. The number of carbonyl (C=O) groups excluding carboxylic acids is 2. The molecule has 1 aliphatic rings. The van der Waals surface area contributed by atoms with E-state index >= 15 is 0 Å². The second-order valence-electron chi connectivity index (χ2n) is 6.63. The van der Waals surface area contributed by atoms with Crippen LogP contribution in [-0.4, -0.2) is 65.5 Å². The Bertz CT molecular complexity index is 688. The van der Waals surface area contributed by atoms with Crippen molar-refractivity contribution in [1.29, 1.82) is 0 Å². The average Bonchev–Trinajstić information content (AvgIpc) is 2.66. The van der Waals surface area contributed by atoms with Gasteiger partial charge in [0.15, 0.2) is 17.7 Å². The lowest BCUT2D eigenvalue weighted by Gasteiger charge is -2.32. The van der Waals surface area contributed by atoms with Crippen LogP contribution in [0.1, 0.15) is 26.2 Å². The smallest absolute Gasteiger partial charge is 0.306 e. The first kappa shape index (κ1) is 20.7. The molecule has 0 radical (unpaired) electrons. The zero-order valence-corrected chi connectivity index (χ0v) is 15.6. The van der Waals surface area contributed by atoms with Crippen molar-refractivity contribution >= 4 is 17.8 Å². The topological polar surface area (TPSA) is 87.2 Å². The quantitative estimate of drug-likeness (QED) is 0.779. The molecular formula is C19H25FN2O5. The Labute approximate surface area is 157 Å². The predicted molar refractivity (Wildman–Crippen MR) is 95.7 cm³/mol. The maximum absolute atomic E-state index is 13.7. The van der Waals surface area contributed by atoms with Gasteiger partial charge in [-0.2, -0.15) is 0 Å². The lowest BCUT2D eigenvalue weighted by molar-refractivity contribution is -0.147. The van der Waals surface area contributed by atoms with Gasteiger partial charge in [0.05, 0.1) is 12.5 Å². The molecule has 0 saturated carbocycles. The van der Waals surface area contributed by atoms with Crippen LogP contribution in [0.4, 0.5) is 4.39 Å². The van der Waals surface area contributed by atoms with Crippen LogP contribution in [0.3, 0.4) is 0 Å². The van der Waals surface area contributed by atoms with Gasteiger partial charge in [0, 0.05) is 20.1 Å². The zero-order chi connectivity index (χ0) is 20.0. The molecule has 1 unspecified atom stereocenters. The molecule has 2 amide bonds. The number of ether oxygens (including phenoxy) is 1. The first-order valence-electron chi connectivity index (χ1n) is 9.00. The van der Waals surface area contributed by atoms with Gasteiger partial charge >= 0.3 is 5.97 Å². The maximum Gasteiger partial charge on any atom is 0.306 e. The number of hydrogen-bond acceptors (Lipinski definition) is 4. The third-order valence-electron chi connectivity index (χ3n) is 4.70. The summed E-state index contributed by atoms with van der Waals surface area (Å²) in [6.45, 7) is 2.34. The maximum atomic E-state index is 13.7. The summed E-state index contributed by atoms with van der Waals surface area (Å²) in [6.07, 6.45) is 0.257. The number of amides is 2. The molecule has 0 aromatic heterocycles. The number of carboxylic acids is 1. The molecule has 1 saturated heterocycles. The van der Waals surface area contributed by atoms with Crippen LogP contribution in [-0.2, 0) is 14.4 Å². The summed E-state index contributed by atoms with van der Waals surface area (Å²) in [5.74, 6) is -2.47. The molecule has 1 N–H and O–H groups in total. The number of nitrogens with zero attached hydrogens (tertiary/aromatic N) is 2. The molecule has 1 aromatic rings. The summed E-state index contributed by atoms with van der Waals surface area (Å²) in [5, 5.41) is 9.01. The van der Waals surface area contributed by atoms with Gasteiger partial charge < -0.3 is 19.6 Å². The predicted octanol–water partition coefficient (Wildman–Crippen LogP) is 1.76. The van der Waals surface area contributed by atoms with Gasteiger partial charge in [0.1, 0.15) is 0 Å². The van der Waals surface area contributed by atoms with E-state index in [0.717, 1.165) is 0 Å². The van der Waals surface area contributed by atoms with Gasteiger partial charge in [0.25, 0.3) is 5.91 Å². The standard InChI is InChI=1S/C19H25FN2O5/c1-3-15(27-16-7-5-4-6-14(16)20)18(24)21(2)12-17(23)22-10-8-13(9-11-22)19(25)26/h4-7,13,15H,3,8-12H2,1-2H3,(H,25,26). The summed E-state index contributed by atoms with van der Waals surface area (Å²) < 4.78 is 19.2. The average molecular weight is 380 g/mol. The fourth-order valence-corrected chi connectivity index (χ4v) is 3.00. The monoisotopic (exact) mass is 380 g/mol. The number of rotatable bonds is 7. The molecule has 1 atom stereocenters. The minimum absolute atomic E-state index is 0.00632. The Morgan fingerprint density at radius 2 is 1.93 bits per heavy atom. The molecule has 1 fully saturated rings. The van der Waals surface area contributed by atoms with Crippen molar-refractivity contribution in [3.05, 3.63) is 30.1 Å². The molecule has 8 heteroatoms. The minimum atomic E-state index is -0.891. The highest BCUT2D eigenvalue weighted by molar-refractivity contribution is 5.87. The van der Waals surface area contributed by atoms with Crippen molar-refractivity contribution in [2.45, 2.75) is 32.3 Å². The number of carbonyl (C=O) groups is 3. The number of aliphatic carboxylic acids is 1. The van der Waals surface area contributed by atoms with E-state index in [0.29, 0.717) is 32.4 Å². The van der Waals surface area contributed by atoms with Crippen LogP contribution in [0.5, 0.6) is 5.75 Å². The number of benzene rings is 1. The van der Waals surface area contributed by atoms with E-state index in [1.165, 1.54) is 30.1 Å². The van der Waals surface area contributed by atoms with Gasteiger partial charge in [-0.05, 0) is 31.4 Å². The number of carboxylic acid groups (broad SMARTS) is 1. The van der Waals surface area contributed by atoms with Crippen LogP contribution in [0.2, 0.25) is 0 Å². The fraction of sp³-hybridized carbons (Fsp3) is 0.526. The molecule has 0 aliphatic carbocycles. The van der Waals surface area contributed by atoms with Crippen molar-refractivity contribution in [2.75, 3.05) is 26.7 Å². The van der Waals surface area contributed by atoms with Crippen molar-refractivity contribution in [2.24, 2.45) is 5.92 Å². The first-order chi connectivity index (χ1) is 12.8. The van der Waals surface area contributed by atoms with Crippen molar-refractivity contribution in [1.82, 2.24) is 9.80 Å². The molecule has 0 bridgehead atoms. The van der Waals surface area contributed by atoms with Gasteiger partial charge in [0.2, 0.25) is 5.91 Å². The Morgan fingerprint density at radius 1 is 1.30 bits per heavy atom. The van der Waals surface area contributed by atoms with Crippen molar-refractivity contribution in [3.8, 4) is 5.75 Å². The Kier molecular flexibility index (Phi) is 7.15. The normalized spacial score (nSPS) is 15.9. The Morgan fingerprint density at radius 3 is 2.48 bits per heavy atom. The summed E-state index contributed by atoms with van der Waals surface area (Å²) in [4.78, 5) is 38.8. The number of piperidine rings is 1. The van der Waals surface area contributed by atoms with E-state index in [-0.39, 0.29) is 18.2 Å². The largest absolute Gasteiger partial charge is 0.481 e. The lowest BCUT2D eigenvalue weighted by Crippen LogP contribution is -2.48. The van der Waals surface area contributed by atoms with Crippen LogP contribution in [0, 0.1) is 11.7 Å². The Hall–Kier alpha value is -2.64. The van der Waals surface area contributed by atoms with Gasteiger partial charge in [-0.25, -0.2) is 4.39 Å². The second-order valence-corrected chi connectivity index (χ2v) is 6.63. The van der Waals surface area contributed by atoms with E-state index in [2.05, 4.69) is 0 Å². The van der Waals surface area contributed by atoms with Crippen molar-refractivity contribution in [3.63, 3.8) is 0 Å². The second kappa shape index (κ2) is 9.34. The molecule has 1 aliphatic heterocycles. The lowest BCUT2D eigenvalue weighted by atomic mass is 9.97. The number of likely N-dealkylation sites (tertiary alicyclic amines) is 1. The molecule has 0 spiro atoms. The number of hydrogen-bond donors (Lipinski definition) is 1. The van der Waals surface area contributed by atoms with Crippen LogP contribution >= 0.6 is 0 Å². The highest BCUT2D eigenvalue weighted by Gasteiger charge is 2.29. The van der Waals surface area contributed by atoms with Crippen molar-refractivity contribution < 1.29 is 28.6 Å². The van der Waals surface area contributed by atoms with Gasteiger partial charge in [-0.3, -0.25) is 14.4 Å². The highest BCUT2D eigenvalue weighted by atomic mass is 19.1. The molecule has 27 heavy (non-hydrogen) atoms. The SMILES string of the molecule is CCC(Oc1ccccc1F)C(=O)N(C)CC(=O)N1CCC(C(=O)O)CC1. The van der Waals surface area contributed by atoms with Crippen LogP contribution in [0.25, 0.3) is 0 Å². The van der Waals surface area contributed by atoms with E-state index in [9.17, 15) is 18.8 Å². The summed E-state index contributed by atoms with van der Waals surface area (Å²) in [7, 11) is 1.50. The van der Waals surface area contributed by atoms with E-state index in [1.807, 2.05) is 0 Å². The van der Waals surface area contributed by atoms with Gasteiger partial charge in [-0.1, -0.05) is 19.1 Å².